The molecule has 1 aromatic rings. The largest absolute Gasteiger partial charge is 0.265 e. The van der Waals surface area contributed by atoms with E-state index < -0.39 is 0 Å². The fraction of sp³-hybridized carbons (Fsp3) is 0.571. The van der Waals surface area contributed by atoms with Crippen LogP contribution in [0, 0.1) is 0 Å². The number of aromatic nitrogens is 2. The van der Waals surface area contributed by atoms with E-state index in [1.165, 1.54) is 0 Å². The van der Waals surface area contributed by atoms with Crippen molar-refractivity contribution in [3.05, 3.63) is 15.8 Å². The van der Waals surface area contributed by atoms with Gasteiger partial charge in [-0.2, -0.15) is 5.10 Å². The first-order valence-corrected chi connectivity index (χ1v) is 4.49. The quantitative estimate of drug-likeness (QED) is 0.678. The normalized spacial score (nSPS) is 12.1. The van der Waals surface area contributed by atoms with Crippen molar-refractivity contribution in [1.29, 1.82) is 0 Å². The van der Waals surface area contributed by atoms with Gasteiger partial charge in [0, 0.05) is 6.20 Å². The SMILES string of the molecule is CC(C)(C)n1cc(Br)c(Cl)n1. The topological polar surface area (TPSA) is 17.8 Å². The molecule has 0 fully saturated rings. The van der Waals surface area contributed by atoms with Gasteiger partial charge >= 0.3 is 0 Å². The Hall–Kier alpha value is -0.0200. The minimum absolute atomic E-state index is 0.00431. The van der Waals surface area contributed by atoms with Crippen molar-refractivity contribution < 1.29 is 0 Å². The summed E-state index contributed by atoms with van der Waals surface area (Å²) in [5.74, 6) is 0. The highest BCUT2D eigenvalue weighted by molar-refractivity contribution is 9.10. The molecule has 0 unspecified atom stereocenters. The van der Waals surface area contributed by atoms with Crippen molar-refractivity contribution in [1.82, 2.24) is 9.78 Å². The van der Waals surface area contributed by atoms with Gasteiger partial charge in [0.15, 0.2) is 5.15 Å². The Morgan fingerprint density at radius 3 is 2.27 bits per heavy atom. The van der Waals surface area contributed by atoms with Crippen molar-refractivity contribution in [3.8, 4) is 0 Å². The molecular formula is C7H10BrClN2. The maximum absolute atomic E-state index is 5.76. The average molecular weight is 238 g/mol. The number of hydrogen-bond acceptors (Lipinski definition) is 1. The van der Waals surface area contributed by atoms with Gasteiger partial charge < -0.3 is 0 Å². The summed E-state index contributed by atoms with van der Waals surface area (Å²) >= 11 is 9.05. The second-order valence-corrected chi connectivity index (χ2v) is 4.60. The number of halogens is 2. The minimum Gasteiger partial charge on any atom is -0.265 e. The molecule has 0 aliphatic rings. The zero-order valence-corrected chi connectivity index (χ0v) is 9.07. The van der Waals surface area contributed by atoms with Crippen LogP contribution in [0.2, 0.25) is 5.15 Å². The molecule has 62 valence electrons. The number of rotatable bonds is 0. The molecule has 0 N–H and O–H groups in total. The highest BCUT2D eigenvalue weighted by atomic mass is 79.9. The van der Waals surface area contributed by atoms with Crippen LogP contribution >= 0.6 is 27.5 Å². The summed E-state index contributed by atoms with van der Waals surface area (Å²) in [6.07, 6.45) is 1.88. The monoisotopic (exact) mass is 236 g/mol. The molecule has 0 saturated heterocycles. The Balaban J connectivity index is 3.08. The lowest BCUT2D eigenvalue weighted by Gasteiger charge is -2.18. The Morgan fingerprint density at radius 2 is 2.09 bits per heavy atom. The first kappa shape index (κ1) is 9.07. The van der Waals surface area contributed by atoms with Crippen molar-refractivity contribution in [2.75, 3.05) is 0 Å². The van der Waals surface area contributed by atoms with Crippen LogP contribution in [0.4, 0.5) is 0 Å². The van der Waals surface area contributed by atoms with Crippen molar-refractivity contribution in [3.63, 3.8) is 0 Å². The van der Waals surface area contributed by atoms with Gasteiger partial charge in [0.05, 0.1) is 10.0 Å². The van der Waals surface area contributed by atoms with Crippen LogP contribution < -0.4 is 0 Å². The van der Waals surface area contributed by atoms with E-state index in [9.17, 15) is 0 Å². The minimum atomic E-state index is -0.00431. The highest BCUT2D eigenvalue weighted by Crippen LogP contribution is 2.23. The van der Waals surface area contributed by atoms with Gasteiger partial charge in [-0.05, 0) is 36.7 Å². The Kier molecular flexibility index (Phi) is 2.30. The summed E-state index contributed by atoms with van der Waals surface area (Å²) in [5, 5.41) is 4.63. The Bertz CT molecular complexity index is 242. The first-order chi connectivity index (χ1) is 4.91. The molecule has 4 heteroatoms. The van der Waals surface area contributed by atoms with E-state index in [2.05, 4.69) is 41.8 Å². The third kappa shape index (κ3) is 1.97. The standard InChI is InChI=1S/C7H10BrClN2/c1-7(2,3)11-4-5(8)6(9)10-11/h4H,1-3H3. The Labute approximate surface area is 79.7 Å². The van der Waals surface area contributed by atoms with Gasteiger partial charge in [-0.15, -0.1) is 0 Å². The summed E-state index contributed by atoms with van der Waals surface area (Å²) in [6, 6.07) is 0. The van der Waals surface area contributed by atoms with E-state index in [-0.39, 0.29) is 5.54 Å². The van der Waals surface area contributed by atoms with Gasteiger partial charge in [-0.1, -0.05) is 11.6 Å². The molecule has 0 aromatic carbocycles. The highest BCUT2D eigenvalue weighted by Gasteiger charge is 2.15. The van der Waals surface area contributed by atoms with Crippen LogP contribution in [0.1, 0.15) is 20.8 Å². The van der Waals surface area contributed by atoms with Gasteiger partial charge in [-0.25, -0.2) is 0 Å². The third-order valence-electron chi connectivity index (χ3n) is 1.32. The molecular weight excluding hydrogens is 227 g/mol. The molecule has 2 nitrogen and oxygen atoms in total. The van der Waals surface area contributed by atoms with E-state index >= 15 is 0 Å². The molecule has 0 radical (unpaired) electrons. The lowest BCUT2D eigenvalue weighted by molar-refractivity contribution is 0.355. The van der Waals surface area contributed by atoms with Crippen molar-refractivity contribution >= 4 is 27.5 Å². The van der Waals surface area contributed by atoms with Gasteiger partial charge in [0.1, 0.15) is 0 Å². The van der Waals surface area contributed by atoms with Gasteiger partial charge in [-0.3, -0.25) is 4.68 Å². The summed E-state index contributed by atoms with van der Waals surface area (Å²) in [6.45, 7) is 6.22. The molecule has 11 heavy (non-hydrogen) atoms. The number of hydrogen-bond donors (Lipinski definition) is 0. The molecule has 0 amide bonds. The summed E-state index contributed by atoms with van der Waals surface area (Å²) in [7, 11) is 0. The summed E-state index contributed by atoms with van der Waals surface area (Å²) < 4.78 is 2.67. The zero-order chi connectivity index (χ0) is 8.65. The van der Waals surface area contributed by atoms with Crippen LogP contribution in [0.3, 0.4) is 0 Å². The molecule has 0 atom stereocenters. The molecule has 1 aromatic heterocycles. The van der Waals surface area contributed by atoms with Crippen LogP contribution in [0.5, 0.6) is 0 Å². The molecule has 0 saturated carbocycles. The van der Waals surface area contributed by atoms with Gasteiger partial charge in [0.2, 0.25) is 0 Å². The molecule has 1 heterocycles. The second-order valence-electron chi connectivity index (χ2n) is 3.38. The van der Waals surface area contributed by atoms with E-state index in [4.69, 9.17) is 11.6 Å². The smallest absolute Gasteiger partial charge is 0.165 e. The third-order valence-corrected chi connectivity index (χ3v) is 2.40. The van der Waals surface area contributed by atoms with Crippen LogP contribution in [-0.2, 0) is 5.54 Å². The van der Waals surface area contributed by atoms with E-state index in [1.807, 2.05) is 10.9 Å². The van der Waals surface area contributed by atoms with Gasteiger partial charge in [0.25, 0.3) is 0 Å². The molecule has 0 spiro atoms. The second kappa shape index (κ2) is 2.79. The number of nitrogens with zero attached hydrogens (tertiary/aromatic N) is 2. The zero-order valence-electron chi connectivity index (χ0n) is 6.73. The van der Waals surface area contributed by atoms with Crippen molar-refractivity contribution in [2.45, 2.75) is 26.3 Å². The van der Waals surface area contributed by atoms with Crippen LogP contribution in [-0.4, -0.2) is 9.78 Å². The maximum atomic E-state index is 5.76. The first-order valence-electron chi connectivity index (χ1n) is 3.32. The molecule has 1 rings (SSSR count). The maximum Gasteiger partial charge on any atom is 0.165 e. The predicted octanol–water partition coefficient (Wildman–Crippen LogP) is 3.05. The molecule has 0 bridgehead atoms. The summed E-state index contributed by atoms with van der Waals surface area (Å²) in [5.41, 5.74) is -0.00431. The van der Waals surface area contributed by atoms with E-state index in [0.717, 1.165) is 4.47 Å². The fourth-order valence-electron chi connectivity index (χ4n) is 0.675. The Morgan fingerprint density at radius 1 is 1.55 bits per heavy atom. The molecule has 0 aliphatic carbocycles. The van der Waals surface area contributed by atoms with E-state index in [0.29, 0.717) is 5.15 Å². The fourth-order valence-corrected chi connectivity index (χ4v) is 1.08. The van der Waals surface area contributed by atoms with Crippen LogP contribution in [0.25, 0.3) is 0 Å². The lowest BCUT2D eigenvalue weighted by atomic mass is 10.1. The molecule has 0 aliphatic heterocycles. The van der Waals surface area contributed by atoms with E-state index in [1.54, 1.807) is 0 Å². The van der Waals surface area contributed by atoms with Crippen LogP contribution in [0.15, 0.2) is 10.7 Å². The summed E-state index contributed by atoms with van der Waals surface area (Å²) in [4.78, 5) is 0. The lowest BCUT2D eigenvalue weighted by Crippen LogP contribution is -2.21. The van der Waals surface area contributed by atoms with Crippen molar-refractivity contribution in [2.24, 2.45) is 0 Å². The predicted molar refractivity (Wildman–Crippen MR) is 49.9 cm³/mol. The average Bonchev–Trinajstić information content (AvgIpc) is 2.11.